The first kappa shape index (κ1) is 21.4. The average molecular weight is 419 g/mol. The Morgan fingerprint density at radius 1 is 1.00 bits per heavy atom. The zero-order valence-electron chi connectivity index (χ0n) is 18.9. The summed E-state index contributed by atoms with van der Waals surface area (Å²) >= 11 is 0. The fraction of sp³-hybridized carbons (Fsp3) is 0.423. The van der Waals surface area contributed by atoms with Gasteiger partial charge in [-0.25, -0.2) is 4.98 Å². The van der Waals surface area contributed by atoms with Crippen LogP contribution in [-0.4, -0.2) is 38.8 Å². The molecule has 2 N–H and O–H groups in total. The van der Waals surface area contributed by atoms with Gasteiger partial charge >= 0.3 is 0 Å². The molecule has 0 bridgehead atoms. The molecule has 0 aliphatic heterocycles. The first-order valence-corrected chi connectivity index (χ1v) is 11.3. The third kappa shape index (κ3) is 5.47. The van der Waals surface area contributed by atoms with Crippen LogP contribution >= 0.6 is 0 Å². The van der Waals surface area contributed by atoms with Gasteiger partial charge in [0.2, 0.25) is 0 Å². The molecular weight excluding hydrogens is 384 g/mol. The molecule has 164 valence electrons. The van der Waals surface area contributed by atoms with Gasteiger partial charge in [0.05, 0.1) is 12.6 Å². The Morgan fingerprint density at radius 2 is 1.74 bits per heavy atom. The van der Waals surface area contributed by atoms with Gasteiger partial charge in [-0.15, -0.1) is 0 Å². The van der Waals surface area contributed by atoms with Crippen LogP contribution in [0.4, 0.5) is 11.5 Å². The number of para-hydroxylation sites is 1. The lowest BCUT2D eigenvalue weighted by Gasteiger charge is -2.30. The minimum atomic E-state index is 0.501. The maximum atomic E-state index is 5.23. The Morgan fingerprint density at radius 3 is 2.45 bits per heavy atom. The first-order valence-electron chi connectivity index (χ1n) is 11.3. The second-order valence-corrected chi connectivity index (χ2v) is 8.78. The highest BCUT2D eigenvalue weighted by Crippen LogP contribution is 2.30. The van der Waals surface area contributed by atoms with Crippen LogP contribution in [0.5, 0.6) is 5.75 Å². The van der Waals surface area contributed by atoms with Crippen LogP contribution in [0.1, 0.15) is 31.2 Å². The van der Waals surface area contributed by atoms with Crippen LogP contribution < -0.4 is 20.3 Å². The number of nitrogens with one attached hydrogen (secondary N) is 2. The lowest BCUT2D eigenvalue weighted by Crippen LogP contribution is -2.31. The molecule has 0 radical (unpaired) electrons. The number of fused-ring (bicyclic) bond motifs is 1. The molecule has 4 rings (SSSR count). The Bertz CT molecular complexity index is 978. The summed E-state index contributed by atoms with van der Waals surface area (Å²) in [5, 5.41) is 8.54. The Kier molecular flexibility index (Phi) is 6.92. The predicted molar refractivity (Wildman–Crippen MR) is 130 cm³/mol. The Hall–Kier alpha value is -2.79. The highest BCUT2D eigenvalue weighted by molar-refractivity contribution is 5.93. The van der Waals surface area contributed by atoms with Gasteiger partial charge in [-0.1, -0.05) is 30.3 Å². The number of rotatable bonds is 8. The number of hydrogen-bond donors (Lipinski definition) is 2. The first-order chi connectivity index (χ1) is 15.1. The second-order valence-electron chi connectivity index (χ2n) is 8.78. The van der Waals surface area contributed by atoms with Crippen LogP contribution in [0.2, 0.25) is 0 Å². The van der Waals surface area contributed by atoms with Crippen molar-refractivity contribution in [1.29, 1.82) is 0 Å². The zero-order chi connectivity index (χ0) is 21.6. The lowest BCUT2D eigenvalue weighted by molar-refractivity contribution is 0.324. The number of ether oxygens (including phenoxy) is 1. The van der Waals surface area contributed by atoms with Crippen LogP contribution in [0.15, 0.2) is 54.6 Å². The van der Waals surface area contributed by atoms with Crippen molar-refractivity contribution in [3.63, 3.8) is 0 Å². The quantitative estimate of drug-likeness (QED) is 0.535. The molecule has 0 atom stereocenters. The maximum absolute atomic E-state index is 5.23. The molecule has 1 saturated carbocycles. The van der Waals surface area contributed by atoms with Gasteiger partial charge in [0.15, 0.2) is 0 Å². The standard InChI is InChI=1S/C26H34N4O/c1-30(2)25-16-26(29-24-7-5-4-6-23(24)25)28-21-12-8-19(9-13-21)17-27-18-20-10-14-22(31-3)15-11-20/h4-7,10-11,14-16,19,21,27H,8-9,12-13,17-18H2,1-3H3,(H,28,29). The van der Waals surface area contributed by atoms with Gasteiger partial charge in [0.1, 0.15) is 11.6 Å². The van der Waals surface area contributed by atoms with E-state index in [1.54, 1.807) is 7.11 Å². The molecule has 5 nitrogen and oxygen atoms in total. The molecule has 0 spiro atoms. The highest BCUT2D eigenvalue weighted by atomic mass is 16.5. The summed E-state index contributed by atoms with van der Waals surface area (Å²) in [6, 6.07) is 19.4. The van der Waals surface area contributed by atoms with Gasteiger partial charge in [-0.3, -0.25) is 0 Å². The summed E-state index contributed by atoms with van der Waals surface area (Å²) in [6.07, 6.45) is 4.89. The van der Waals surface area contributed by atoms with Gasteiger partial charge in [0, 0.05) is 43.8 Å². The van der Waals surface area contributed by atoms with E-state index in [9.17, 15) is 0 Å². The maximum Gasteiger partial charge on any atom is 0.128 e. The molecule has 0 amide bonds. The van der Waals surface area contributed by atoms with Gasteiger partial charge < -0.3 is 20.3 Å². The number of aromatic nitrogens is 1. The average Bonchev–Trinajstić information content (AvgIpc) is 2.80. The van der Waals surface area contributed by atoms with Crippen LogP contribution in [-0.2, 0) is 6.54 Å². The fourth-order valence-electron chi connectivity index (χ4n) is 4.49. The molecule has 1 aliphatic carbocycles. The SMILES string of the molecule is COc1ccc(CNCC2CCC(Nc3cc(N(C)C)c4ccccc4n3)CC2)cc1. The van der Waals surface area contributed by atoms with Gasteiger partial charge in [-0.05, 0) is 61.9 Å². The van der Waals surface area contributed by atoms with Crippen molar-refractivity contribution in [2.75, 3.05) is 38.0 Å². The topological polar surface area (TPSA) is 49.4 Å². The predicted octanol–water partition coefficient (Wildman–Crippen LogP) is 5.07. The van der Waals surface area contributed by atoms with Crippen molar-refractivity contribution >= 4 is 22.4 Å². The van der Waals surface area contributed by atoms with E-state index >= 15 is 0 Å². The van der Waals surface area contributed by atoms with Crippen LogP contribution in [0.3, 0.4) is 0 Å². The summed E-state index contributed by atoms with van der Waals surface area (Å²) in [6.45, 7) is 1.99. The number of benzene rings is 2. The minimum absolute atomic E-state index is 0.501. The van der Waals surface area contributed by atoms with Crippen molar-refractivity contribution in [3.8, 4) is 5.75 Å². The van der Waals surface area contributed by atoms with Crippen molar-refractivity contribution in [2.45, 2.75) is 38.3 Å². The molecule has 5 heteroatoms. The van der Waals surface area contributed by atoms with Crippen molar-refractivity contribution in [3.05, 3.63) is 60.2 Å². The fourth-order valence-corrected chi connectivity index (χ4v) is 4.49. The third-order valence-corrected chi connectivity index (χ3v) is 6.30. The van der Waals surface area contributed by atoms with E-state index in [1.807, 2.05) is 12.1 Å². The van der Waals surface area contributed by atoms with Crippen molar-refractivity contribution in [1.82, 2.24) is 10.3 Å². The second kappa shape index (κ2) is 10.0. The monoisotopic (exact) mass is 418 g/mol. The van der Waals surface area contributed by atoms with E-state index in [-0.39, 0.29) is 0 Å². The van der Waals surface area contributed by atoms with Gasteiger partial charge in [-0.2, -0.15) is 0 Å². The summed E-state index contributed by atoms with van der Waals surface area (Å²) < 4.78 is 5.23. The summed E-state index contributed by atoms with van der Waals surface area (Å²) in [4.78, 5) is 7.04. The summed E-state index contributed by atoms with van der Waals surface area (Å²) in [5.41, 5.74) is 3.56. The number of methoxy groups -OCH3 is 1. The van der Waals surface area contributed by atoms with Crippen molar-refractivity contribution < 1.29 is 4.74 Å². The van der Waals surface area contributed by atoms with Crippen LogP contribution in [0.25, 0.3) is 10.9 Å². The van der Waals surface area contributed by atoms with E-state index in [0.717, 1.165) is 36.1 Å². The lowest BCUT2D eigenvalue weighted by atomic mass is 9.86. The minimum Gasteiger partial charge on any atom is -0.497 e. The van der Waals surface area contributed by atoms with E-state index in [4.69, 9.17) is 9.72 Å². The molecule has 1 aromatic heterocycles. The molecule has 0 unspecified atom stereocenters. The highest BCUT2D eigenvalue weighted by Gasteiger charge is 2.21. The third-order valence-electron chi connectivity index (χ3n) is 6.30. The normalized spacial score (nSPS) is 18.7. The molecule has 3 aromatic rings. The largest absolute Gasteiger partial charge is 0.497 e. The summed E-state index contributed by atoms with van der Waals surface area (Å²) in [7, 11) is 5.89. The molecule has 31 heavy (non-hydrogen) atoms. The molecular formula is C26H34N4O. The van der Waals surface area contributed by atoms with E-state index in [2.05, 4.69) is 72.1 Å². The summed E-state index contributed by atoms with van der Waals surface area (Å²) in [5.74, 6) is 2.65. The number of pyridine rings is 1. The molecule has 1 aliphatic rings. The number of hydrogen-bond acceptors (Lipinski definition) is 5. The molecule has 1 heterocycles. The molecule has 1 fully saturated rings. The number of nitrogens with zero attached hydrogens (tertiary/aromatic N) is 2. The molecule has 0 saturated heterocycles. The van der Waals surface area contributed by atoms with E-state index in [1.165, 1.54) is 42.3 Å². The molecule has 2 aromatic carbocycles. The van der Waals surface area contributed by atoms with Gasteiger partial charge in [0.25, 0.3) is 0 Å². The number of anilines is 2. The Balaban J connectivity index is 1.27. The smallest absolute Gasteiger partial charge is 0.128 e. The van der Waals surface area contributed by atoms with Crippen LogP contribution in [0, 0.1) is 5.92 Å². The zero-order valence-corrected chi connectivity index (χ0v) is 18.9. The van der Waals surface area contributed by atoms with E-state index in [0.29, 0.717) is 6.04 Å². The van der Waals surface area contributed by atoms with E-state index < -0.39 is 0 Å². The Labute approximate surface area is 185 Å². The van der Waals surface area contributed by atoms with Crippen molar-refractivity contribution in [2.24, 2.45) is 5.92 Å².